The lowest BCUT2D eigenvalue weighted by molar-refractivity contribution is 0.345. The summed E-state index contributed by atoms with van der Waals surface area (Å²) in [5, 5.41) is 0. The zero-order valence-electron chi connectivity index (χ0n) is 12.7. The van der Waals surface area contributed by atoms with E-state index in [4.69, 9.17) is 18.0 Å². The van der Waals surface area contributed by atoms with Gasteiger partial charge in [-0.15, -0.1) is 0 Å². The SMILES string of the molecule is CCCCCN(C(C)C)S(=O)(=O)c1cccnc1C(N)=S. The van der Waals surface area contributed by atoms with E-state index < -0.39 is 10.0 Å². The lowest BCUT2D eigenvalue weighted by Gasteiger charge is -2.26. The highest BCUT2D eigenvalue weighted by Crippen LogP contribution is 2.21. The van der Waals surface area contributed by atoms with Crippen LogP contribution >= 0.6 is 12.2 Å². The van der Waals surface area contributed by atoms with Gasteiger partial charge in [0.1, 0.15) is 15.6 Å². The van der Waals surface area contributed by atoms with E-state index in [1.54, 1.807) is 6.07 Å². The molecule has 0 spiro atoms. The monoisotopic (exact) mass is 329 g/mol. The number of hydrogen-bond donors (Lipinski definition) is 1. The molecule has 0 aliphatic rings. The summed E-state index contributed by atoms with van der Waals surface area (Å²) in [5.74, 6) is 0. The Morgan fingerprint density at radius 3 is 2.62 bits per heavy atom. The van der Waals surface area contributed by atoms with Crippen LogP contribution in [0.25, 0.3) is 0 Å². The van der Waals surface area contributed by atoms with Gasteiger partial charge in [-0.25, -0.2) is 8.42 Å². The smallest absolute Gasteiger partial charge is 0.245 e. The zero-order chi connectivity index (χ0) is 16.0. The zero-order valence-corrected chi connectivity index (χ0v) is 14.4. The van der Waals surface area contributed by atoms with Gasteiger partial charge in [0.05, 0.1) is 0 Å². The molecule has 1 rings (SSSR count). The molecule has 1 heterocycles. The summed E-state index contributed by atoms with van der Waals surface area (Å²) in [5.41, 5.74) is 5.76. The van der Waals surface area contributed by atoms with Gasteiger partial charge in [-0.05, 0) is 32.4 Å². The Hall–Kier alpha value is -1.05. The molecular formula is C14H23N3O2S2. The van der Waals surface area contributed by atoms with Crippen molar-refractivity contribution < 1.29 is 8.42 Å². The van der Waals surface area contributed by atoms with Crippen molar-refractivity contribution in [3.63, 3.8) is 0 Å². The molecule has 0 unspecified atom stereocenters. The fourth-order valence-corrected chi connectivity index (χ4v) is 4.15. The summed E-state index contributed by atoms with van der Waals surface area (Å²) in [7, 11) is -3.65. The lowest BCUT2D eigenvalue weighted by Crippen LogP contribution is -2.38. The number of pyridine rings is 1. The summed E-state index contributed by atoms with van der Waals surface area (Å²) in [6.45, 7) is 6.29. The number of nitrogens with zero attached hydrogens (tertiary/aromatic N) is 2. The van der Waals surface area contributed by atoms with Crippen LogP contribution in [0.15, 0.2) is 23.2 Å². The number of nitrogens with two attached hydrogens (primary N) is 1. The first kappa shape index (κ1) is 18.0. The molecule has 0 saturated carbocycles. The molecule has 0 atom stereocenters. The second-order valence-electron chi connectivity index (χ2n) is 5.13. The summed E-state index contributed by atoms with van der Waals surface area (Å²) >= 11 is 4.91. The topological polar surface area (TPSA) is 76.3 Å². The highest BCUT2D eigenvalue weighted by Gasteiger charge is 2.29. The summed E-state index contributed by atoms with van der Waals surface area (Å²) in [4.78, 5) is 4.09. The van der Waals surface area contributed by atoms with Gasteiger partial charge in [-0.2, -0.15) is 4.31 Å². The van der Waals surface area contributed by atoms with Crippen LogP contribution in [-0.4, -0.2) is 35.3 Å². The molecule has 5 nitrogen and oxygen atoms in total. The first-order chi connectivity index (χ1) is 9.82. The fourth-order valence-electron chi connectivity index (χ4n) is 2.08. The van der Waals surface area contributed by atoms with Gasteiger partial charge in [0.15, 0.2) is 0 Å². The van der Waals surface area contributed by atoms with Gasteiger partial charge in [0.2, 0.25) is 10.0 Å². The van der Waals surface area contributed by atoms with Gasteiger partial charge >= 0.3 is 0 Å². The number of rotatable bonds is 8. The van der Waals surface area contributed by atoms with Crippen molar-refractivity contribution in [2.75, 3.05) is 6.54 Å². The van der Waals surface area contributed by atoms with E-state index in [1.807, 2.05) is 13.8 Å². The molecule has 21 heavy (non-hydrogen) atoms. The Morgan fingerprint density at radius 1 is 1.43 bits per heavy atom. The first-order valence-corrected chi connectivity index (χ1v) is 8.93. The molecule has 7 heteroatoms. The normalized spacial score (nSPS) is 12.0. The minimum atomic E-state index is -3.65. The van der Waals surface area contributed by atoms with Crippen molar-refractivity contribution in [2.45, 2.75) is 51.0 Å². The molecule has 0 aliphatic carbocycles. The Labute approximate surface area is 132 Å². The molecule has 118 valence electrons. The second-order valence-corrected chi connectivity index (χ2v) is 7.43. The molecule has 0 amide bonds. The van der Waals surface area contributed by atoms with E-state index in [1.165, 1.54) is 16.6 Å². The molecule has 0 fully saturated rings. The molecule has 0 saturated heterocycles. The third-order valence-electron chi connectivity index (χ3n) is 3.15. The second kappa shape index (κ2) is 7.82. The van der Waals surface area contributed by atoms with Crippen LogP contribution in [-0.2, 0) is 10.0 Å². The fraction of sp³-hybridized carbons (Fsp3) is 0.571. The number of thiocarbonyl (C=S) groups is 1. The van der Waals surface area contributed by atoms with Crippen LogP contribution in [0.2, 0.25) is 0 Å². The lowest BCUT2D eigenvalue weighted by atomic mass is 10.2. The van der Waals surface area contributed by atoms with Crippen LogP contribution in [0.3, 0.4) is 0 Å². The first-order valence-electron chi connectivity index (χ1n) is 7.09. The Balaban J connectivity index is 3.20. The predicted molar refractivity (Wildman–Crippen MR) is 88.7 cm³/mol. The minimum absolute atomic E-state index is 0.00793. The average molecular weight is 329 g/mol. The van der Waals surface area contributed by atoms with Crippen molar-refractivity contribution in [1.29, 1.82) is 0 Å². The van der Waals surface area contributed by atoms with Crippen molar-refractivity contribution in [3.05, 3.63) is 24.0 Å². The van der Waals surface area contributed by atoms with Gasteiger partial charge in [0, 0.05) is 18.8 Å². The number of unbranched alkanes of at least 4 members (excludes halogenated alkanes) is 2. The third-order valence-corrected chi connectivity index (χ3v) is 5.45. The molecule has 0 aliphatic heterocycles. The standard InChI is InChI=1S/C14H23N3O2S2/c1-4-5-6-10-17(11(2)3)21(18,19)12-8-7-9-16-13(12)14(15)20/h7-9,11H,4-6,10H2,1-3H3,(H2,15,20). The molecule has 2 N–H and O–H groups in total. The van der Waals surface area contributed by atoms with Gasteiger partial charge < -0.3 is 5.73 Å². The molecule has 1 aromatic rings. The molecule has 0 aromatic carbocycles. The maximum atomic E-state index is 12.9. The summed E-state index contributed by atoms with van der Waals surface area (Å²) in [6, 6.07) is 2.96. The minimum Gasteiger partial charge on any atom is -0.388 e. The van der Waals surface area contributed by atoms with Crippen molar-refractivity contribution in [3.8, 4) is 0 Å². The average Bonchev–Trinajstić information content (AvgIpc) is 2.42. The molecule has 0 radical (unpaired) electrons. The summed E-state index contributed by atoms with van der Waals surface area (Å²) in [6.07, 6.45) is 4.35. The Morgan fingerprint density at radius 2 is 2.10 bits per heavy atom. The van der Waals surface area contributed by atoms with E-state index in [9.17, 15) is 8.42 Å². The van der Waals surface area contributed by atoms with Gasteiger partial charge in [-0.1, -0.05) is 32.0 Å². The van der Waals surface area contributed by atoms with E-state index in [0.717, 1.165) is 19.3 Å². The van der Waals surface area contributed by atoms with Gasteiger partial charge in [0.25, 0.3) is 0 Å². The quantitative estimate of drug-likeness (QED) is 0.585. The highest BCUT2D eigenvalue weighted by molar-refractivity contribution is 7.89. The van der Waals surface area contributed by atoms with Crippen LogP contribution in [0.4, 0.5) is 0 Å². The van der Waals surface area contributed by atoms with Gasteiger partial charge in [-0.3, -0.25) is 4.98 Å². The van der Waals surface area contributed by atoms with E-state index >= 15 is 0 Å². The number of hydrogen-bond acceptors (Lipinski definition) is 4. The largest absolute Gasteiger partial charge is 0.388 e. The van der Waals surface area contributed by atoms with E-state index in [-0.39, 0.29) is 21.6 Å². The molecule has 1 aromatic heterocycles. The van der Waals surface area contributed by atoms with Crippen molar-refractivity contribution in [1.82, 2.24) is 9.29 Å². The maximum absolute atomic E-state index is 12.9. The molecule has 0 bridgehead atoms. The molecular weight excluding hydrogens is 306 g/mol. The highest BCUT2D eigenvalue weighted by atomic mass is 32.2. The Kier molecular flexibility index (Phi) is 6.70. The van der Waals surface area contributed by atoms with Crippen LogP contribution in [0.5, 0.6) is 0 Å². The summed E-state index contributed by atoms with van der Waals surface area (Å²) < 4.78 is 27.2. The number of sulfonamides is 1. The van der Waals surface area contributed by atoms with Crippen LogP contribution in [0, 0.1) is 0 Å². The predicted octanol–water partition coefficient (Wildman–Crippen LogP) is 2.31. The van der Waals surface area contributed by atoms with Crippen LogP contribution in [0.1, 0.15) is 45.7 Å². The number of aromatic nitrogens is 1. The van der Waals surface area contributed by atoms with Crippen molar-refractivity contribution >= 4 is 27.2 Å². The van der Waals surface area contributed by atoms with E-state index in [0.29, 0.717) is 6.54 Å². The maximum Gasteiger partial charge on any atom is 0.245 e. The van der Waals surface area contributed by atoms with E-state index in [2.05, 4.69) is 11.9 Å². The third kappa shape index (κ3) is 4.46. The van der Waals surface area contributed by atoms with Crippen LogP contribution < -0.4 is 5.73 Å². The Bertz CT molecular complexity index is 586. The van der Waals surface area contributed by atoms with Crippen molar-refractivity contribution in [2.24, 2.45) is 5.73 Å².